The maximum Gasteiger partial charge on any atom is 0.250 e. The topological polar surface area (TPSA) is 60.9 Å². The molecule has 16 heavy (non-hydrogen) atoms. The van der Waals surface area contributed by atoms with Crippen molar-refractivity contribution in [3.8, 4) is 5.82 Å². The minimum absolute atomic E-state index is 0.428. The lowest BCUT2D eigenvalue weighted by Crippen LogP contribution is -2.09. The molecular weight excluding hydrogens is 340 g/mol. The number of nitrogens with zero attached hydrogens (tertiary/aromatic N) is 2. The smallest absolute Gasteiger partial charge is 0.250 e. The standard InChI is InChI=1S/C10H7ClIN3O/c11-8-7(12)1-3-14-10(8)15-4-2-6(5-15)9(13)16/h1-5H,(H2,13,16). The lowest BCUT2D eigenvalue weighted by molar-refractivity contribution is 0.100. The fourth-order valence-corrected chi connectivity index (χ4v) is 1.88. The van der Waals surface area contributed by atoms with Crippen molar-refractivity contribution in [3.05, 3.63) is 44.9 Å². The van der Waals surface area contributed by atoms with Gasteiger partial charge in [-0.15, -0.1) is 0 Å². The number of primary amides is 1. The highest BCUT2D eigenvalue weighted by Crippen LogP contribution is 2.24. The Balaban J connectivity index is 2.50. The van der Waals surface area contributed by atoms with Gasteiger partial charge >= 0.3 is 0 Å². The van der Waals surface area contributed by atoms with Gasteiger partial charge in [-0.05, 0) is 34.7 Å². The molecule has 2 aromatic heterocycles. The molecular formula is C10H7ClIN3O. The molecule has 2 N–H and O–H groups in total. The minimum Gasteiger partial charge on any atom is -0.366 e. The lowest BCUT2D eigenvalue weighted by Gasteiger charge is -2.05. The Labute approximate surface area is 111 Å². The van der Waals surface area contributed by atoms with Crippen molar-refractivity contribution in [2.75, 3.05) is 0 Å². The van der Waals surface area contributed by atoms with Crippen LogP contribution in [0.2, 0.25) is 5.02 Å². The van der Waals surface area contributed by atoms with Crippen molar-refractivity contribution in [3.63, 3.8) is 0 Å². The van der Waals surface area contributed by atoms with Crippen LogP contribution in [0.25, 0.3) is 5.82 Å². The van der Waals surface area contributed by atoms with Crippen LogP contribution in [0.4, 0.5) is 0 Å². The normalized spacial score (nSPS) is 10.4. The number of carbonyl (C=O) groups is 1. The van der Waals surface area contributed by atoms with E-state index in [4.69, 9.17) is 17.3 Å². The van der Waals surface area contributed by atoms with Gasteiger partial charge in [0, 0.05) is 22.2 Å². The third-order valence-corrected chi connectivity index (χ3v) is 3.64. The van der Waals surface area contributed by atoms with Crippen LogP contribution in [0.1, 0.15) is 10.4 Å². The predicted molar refractivity (Wildman–Crippen MR) is 69.8 cm³/mol. The second kappa shape index (κ2) is 4.42. The number of carbonyl (C=O) groups excluding carboxylic acids is 1. The highest BCUT2D eigenvalue weighted by Gasteiger charge is 2.09. The molecule has 0 spiro atoms. The molecule has 4 nitrogen and oxygen atoms in total. The van der Waals surface area contributed by atoms with E-state index in [1.807, 2.05) is 6.07 Å². The van der Waals surface area contributed by atoms with E-state index in [9.17, 15) is 4.79 Å². The maximum absolute atomic E-state index is 11.0. The Kier molecular flexibility index (Phi) is 3.15. The molecule has 0 aliphatic carbocycles. The predicted octanol–water partition coefficient (Wildman–Crippen LogP) is 2.23. The van der Waals surface area contributed by atoms with Crippen LogP contribution in [0.3, 0.4) is 0 Å². The Bertz CT molecular complexity index is 553. The molecule has 2 heterocycles. The minimum atomic E-state index is -0.472. The molecule has 0 aliphatic rings. The largest absolute Gasteiger partial charge is 0.366 e. The number of aromatic nitrogens is 2. The van der Waals surface area contributed by atoms with E-state index in [0.717, 1.165) is 3.57 Å². The van der Waals surface area contributed by atoms with Gasteiger partial charge in [0.25, 0.3) is 0 Å². The third kappa shape index (κ3) is 2.05. The van der Waals surface area contributed by atoms with Crippen molar-refractivity contribution in [1.82, 2.24) is 9.55 Å². The first-order valence-corrected chi connectivity index (χ1v) is 5.83. The van der Waals surface area contributed by atoms with E-state index < -0.39 is 5.91 Å². The van der Waals surface area contributed by atoms with Gasteiger partial charge < -0.3 is 10.3 Å². The van der Waals surface area contributed by atoms with Crippen molar-refractivity contribution in [2.24, 2.45) is 5.73 Å². The number of hydrogen-bond acceptors (Lipinski definition) is 2. The summed E-state index contributed by atoms with van der Waals surface area (Å²) in [6.45, 7) is 0. The molecule has 0 fully saturated rings. The number of nitrogens with two attached hydrogens (primary N) is 1. The van der Waals surface area contributed by atoms with E-state index in [-0.39, 0.29) is 0 Å². The van der Waals surface area contributed by atoms with E-state index >= 15 is 0 Å². The van der Waals surface area contributed by atoms with Gasteiger partial charge in [-0.1, -0.05) is 11.6 Å². The monoisotopic (exact) mass is 347 g/mol. The molecule has 0 atom stereocenters. The SMILES string of the molecule is NC(=O)c1ccn(-c2nccc(I)c2Cl)c1. The van der Waals surface area contributed by atoms with Gasteiger partial charge in [0.05, 0.1) is 10.6 Å². The number of rotatable bonds is 2. The third-order valence-electron chi connectivity index (χ3n) is 2.05. The number of pyridine rings is 1. The van der Waals surface area contributed by atoms with Crippen LogP contribution in [0, 0.1) is 3.57 Å². The first kappa shape index (κ1) is 11.4. The second-order valence-corrected chi connectivity index (χ2v) is 4.64. The molecule has 0 bridgehead atoms. The molecule has 6 heteroatoms. The van der Waals surface area contributed by atoms with Crippen molar-refractivity contribution in [1.29, 1.82) is 0 Å². The second-order valence-electron chi connectivity index (χ2n) is 3.10. The molecule has 0 radical (unpaired) electrons. The summed E-state index contributed by atoms with van der Waals surface area (Å²) in [6, 6.07) is 3.44. The van der Waals surface area contributed by atoms with Crippen molar-refractivity contribution >= 4 is 40.1 Å². The van der Waals surface area contributed by atoms with Crippen LogP contribution in [-0.2, 0) is 0 Å². The van der Waals surface area contributed by atoms with E-state index in [2.05, 4.69) is 27.6 Å². The van der Waals surface area contributed by atoms with E-state index in [1.54, 1.807) is 29.2 Å². The molecule has 0 aliphatic heterocycles. The zero-order valence-corrected chi connectivity index (χ0v) is 10.9. The van der Waals surface area contributed by atoms with Gasteiger partial charge in [0.1, 0.15) is 0 Å². The van der Waals surface area contributed by atoms with E-state index in [1.165, 1.54) is 0 Å². The van der Waals surface area contributed by atoms with Crippen molar-refractivity contribution < 1.29 is 4.79 Å². The Morgan fingerprint density at radius 2 is 2.25 bits per heavy atom. The zero-order chi connectivity index (χ0) is 11.7. The highest BCUT2D eigenvalue weighted by molar-refractivity contribution is 14.1. The number of halogens is 2. The Morgan fingerprint density at radius 1 is 1.50 bits per heavy atom. The summed E-state index contributed by atoms with van der Waals surface area (Å²) in [5.41, 5.74) is 5.59. The fraction of sp³-hybridized carbons (Fsp3) is 0. The van der Waals surface area contributed by atoms with Gasteiger partial charge in [-0.3, -0.25) is 4.79 Å². The molecule has 2 aromatic rings. The highest BCUT2D eigenvalue weighted by atomic mass is 127. The molecule has 0 aromatic carbocycles. The quantitative estimate of drug-likeness (QED) is 0.847. The lowest BCUT2D eigenvalue weighted by atomic mass is 10.3. The average molecular weight is 348 g/mol. The van der Waals surface area contributed by atoms with Crippen LogP contribution in [0.5, 0.6) is 0 Å². The molecule has 1 amide bonds. The van der Waals surface area contributed by atoms with E-state index in [0.29, 0.717) is 16.4 Å². The van der Waals surface area contributed by atoms with Gasteiger partial charge in [-0.25, -0.2) is 4.98 Å². The summed E-state index contributed by atoms with van der Waals surface area (Å²) in [4.78, 5) is 15.1. The number of hydrogen-bond donors (Lipinski definition) is 1. The summed E-state index contributed by atoms with van der Waals surface area (Å²) in [5, 5.41) is 0.551. The maximum atomic E-state index is 11.0. The van der Waals surface area contributed by atoms with Gasteiger partial charge in [0.15, 0.2) is 5.82 Å². The van der Waals surface area contributed by atoms with Crippen molar-refractivity contribution in [2.45, 2.75) is 0 Å². The van der Waals surface area contributed by atoms with Gasteiger partial charge in [0.2, 0.25) is 5.91 Å². The first-order chi connectivity index (χ1) is 7.59. The van der Waals surface area contributed by atoms with Gasteiger partial charge in [-0.2, -0.15) is 0 Å². The fourth-order valence-electron chi connectivity index (χ4n) is 1.26. The number of amides is 1. The van der Waals surface area contributed by atoms with Crippen LogP contribution in [-0.4, -0.2) is 15.5 Å². The van der Waals surface area contributed by atoms with Crippen LogP contribution >= 0.6 is 34.2 Å². The molecule has 82 valence electrons. The summed E-state index contributed by atoms with van der Waals surface area (Å²) < 4.78 is 2.57. The summed E-state index contributed by atoms with van der Waals surface area (Å²) in [7, 11) is 0. The first-order valence-electron chi connectivity index (χ1n) is 4.38. The van der Waals surface area contributed by atoms with Crippen LogP contribution in [0.15, 0.2) is 30.7 Å². The Hall–Kier alpha value is -1.08. The molecule has 0 saturated carbocycles. The average Bonchev–Trinajstić information content (AvgIpc) is 2.71. The summed E-state index contributed by atoms with van der Waals surface area (Å²) in [6.07, 6.45) is 4.96. The summed E-state index contributed by atoms with van der Waals surface area (Å²) in [5.74, 6) is 0.113. The van der Waals surface area contributed by atoms with Crippen LogP contribution < -0.4 is 5.73 Å². The molecule has 0 saturated heterocycles. The molecule has 2 rings (SSSR count). The zero-order valence-electron chi connectivity index (χ0n) is 8.02. The summed E-state index contributed by atoms with van der Waals surface area (Å²) >= 11 is 8.23. The molecule has 0 unspecified atom stereocenters. The Morgan fingerprint density at radius 3 is 2.88 bits per heavy atom.